The fourth-order valence-electron chi connectivity index (χ4n) is 2.41. The zero-order valence-corrected chi connectivity index (χ0v) is 14.5. The molecule has 0 radical (unpaired) electrons. The molecule has 1 heterocycles. The lowest BCUT2D eigenvalue weighted by Gasteiger charge is -2.13. The largest absolute Gasteiger partial charge is 0.497 e. The van der Waals surface area contributed by atoms with E-state index in [9.17, 15) is 4.79 Å². The minimum absolute atomic E-state index is 0.276. The van der Waals surface area contributed by atoms with Crippen LogP contribution < -0.4 is 20.1 Å². The summed E-state index contributed by atoms with van der Waals surface area (Å²) in [7, 11) is 3.19. The molecule has 2 N–H and O–H groups in total. The topological polar surface area (TPSA) is 72.5 Å². The van der Waals surface area contributed by atoms with Crippen LogP contribution in [0.25, 0.3) is 0 Å². The Morgan fingerprint density at radius 3 is 2.46 bits per heavy atom. The fourth-order valence-corrected chi connectivity index (χ4v) is 2.41. The van der Waals surface area contributed by atoms with E-state index in [1.165, 1.54) is 0 Å². The Morgan fingerprint density at radius 2 is 1.73 bits per heavy atom. The normalized spacial score (nSPS) is 10.1. The summed E-state index contributed by atoms with van der Waals surface area (Å²) in [5, 5.41) is 6.05. The molecular formula is C20H19N3O3. The van der Waals surface area contributed by atoms with Crippen LogP contribution in [-0.2, 0) is 0 Å². The summed E-state index contributed by atoms with van der Waals surface area (Å²) in [6.45, 7) is 0. The van der Waals surface area contributed by atoms with Gasteiger partial charge in [0.25, 0.3) is 5.91 Å². The van der Waals surface area contributed by atoms with Crippen molar-refractivity contribution in [2.75, 3.05) is 24.9 Å². The molecule has 3 aromatic rings. The Labute approximate surface area is 151 Å². The Hall–Kier alpha value is -3.54. The van der Waals surface area contributed by atoms with Crippen LogP contribution in [0.4, 0.5) is 17.1 Å². The monoisotopic (exact) mass is 349 g/mol. The first-order valence-corrected chi connectivity index (χ1v) is 8.01. The number of methoxy groups -OCH3 is 2. The van der Waals surface area contributed by atoms with Crippen LogP contribution in [0.1, 0.15) is 10.5 Å². The third kappa shape index (κ3) is 4.10. The van der Waals surface area contributed by atoms with E-state index >= 15 is 0 Å². The third-order valence-electron chi connectivity index (χ3n) is 3.71. The Balaban J connectivity index is 1.78. The summed E-state index contributed by atoms with van der Waals surface area (Å²) in [4.78, 5) is 16.5. The van der Waals surface area contributed by atoms with Gasteiger partial charge in [-0.3, -0.25) is 9.78 Å². The number of rotatable bonds is 6. The number of hydrogen-bond acceptors (Lipinski definition) is 5. The van der Waals surface area contributed by atoms with Crippen LogP contribution >= 0.6 is 0 Å². The maximum Gasteiger partial charge on any atom is 0.274 e. The number of nitrogens with one attached hydrogen (secondary N) is 2. The van der Waals surface area contributed by atoms with Crippen molar-refractivity contribution in [2.45, 2.75) is 0 Å². The molecule has 132 valence electrons. The van der Waals surface area contributed by atoms with Gasteiger partial charge in [0.05, 0.1) is 19.9 Å². The molecule has 6 heteroatoms. The second-order valence-electron chi connectivity index (χ2n) is 5.44. The molecule has 0 fully saturated rings. The summed E-state index contributed by atoms with van der Waals surface area (Å²) < 4.78 is 10.6. The van der Waals surface area contributed by atoms with E-state index in [1.54, 1.807) is 38.6 Å². The van der Waals surface area contributed by atoms with E-state index in [-0.39, 0.29) is 5.91 Å². The maximum atomic E-state index is 12.4. The van der Waals surface area contributed by atoms with Gasteiger partial charge in [-0.15, -0.1) is 0 Å². The minimum atomic E-state index is -0.276. The lowest BCUT2D eigenvalue weighted by atomic mass is 10.2. The Bertz CT molecular complexity index is 898. The Morgan fingerprint density at radius 1 is 0.923 bits per heavy atom. The number of hydrogen-bond donors (Lipinski definition) is 2. The molecule has 2 aromatic carbocycles. The number of carbonyl (C=O) groups is 1. The van der Waals surface area contributed by atoms with E-state index in [0.717, 1.165) is 17.1 Å². The standard InChI is InChI=1S/C20H19N3O3/c1-25-16-8-9-17(19(13-16)26-2)22-15-10-11-21-18(12-15)20(24)23-14-6-4-3-5-7-14/h3-13H,1-2H3,(H,21,22)(H,23,24). The third-order valence-corrected chi connectivity index (χ3v) is 3.71. The van der Waals surface area contributed by atoms with E-state index in [0.29, 0.717) is 17.2 Å². The van der Waals surface area contributed by atoms with Crippen molar-refractivity contribution in [2.24, 2.45) is 0 Å². The SMILES string of the molecule is COc1ccc(Nc2ccnc(C(=O)Nc3ccccc3)c2)c(OC)c1. The number of aromatic nitrogens is 1. The quantitative estimate of drug-likeness (QED) is 0.701. The molecule has 1 amide bonds. The van der Waals surface area contributed by atoms with Gasteiger partial charge in [-0.05, 0) is 36.4 Å². The lowest BCUT2D eigenvalue weighted by Crippen LogP contribution is -2.13. The van der Waals surface area contributed by atoms with Crippen LogP contribution in [0.2, 0.25) is 0 Å². The molecule has 6 nitrogen and oxygen atoms in total. The van der Waals surface area contributed by atoms with Gasteiger partial charge >= 0.3 is 0 Å². The highest BCUT2D eigenvalue weighted by molar-refractivity contribution is 6.03. The molecule has 26 heavy (non-hydrogen) atoms. The molecule has 0 saturated heterocycles. The molecule has 0 aliphatic rings. The smallest absolute Gasteiger partial charge is 0.274 e. The van der Waals surface area contributed by atoms with E-state index < -0.39 is 0 Å². The molecule has 1 aromatic heterocycles. The summed E-state index contributed by atoms with van der Waals surface area (Å²) >= 11 is 0. The number of anilines is 3. The van der Waals surface area contributed by atoms with E-state index in [1.807, 2.05) is 42.5 Å². The van der Waals surface area contributed by atoms with Crippen molar-refractivity contribution < 1.29 is 14.3 Å². The van der Waals surface area contributed by atoms with Gasteiger partial charge in [-0.2, -0.15) is 0 Å². The zero-order valence-electron chi connectivity index (χ0n) is 14.5. The second-order valence-corrected chi connectivity index (χ2v) is 5.44. The number of ether oxygens (including phenoxy) is 2. The predicted octanol–water partition coefficient (Wildman–Crippen LogP) is 4.09. The van der Waals surface area contributed by atoms with Gasteiger partial charge in [0.1, 0.15) is 17.2 Å². The molecule has 0 saturated carbocycles. The number of pyridine rings is 1. The van der Waals surface area contributed by atoms with Crippen molar-refractivity contribution in [3.05, 3.63) is 72.6 Å². The van der Waals surface area contributed by atoms with E-state index in [4.69, 9.17) is 9.47 Å². The first kappa shape index (κ1) is 17.3. The summed E-state index contributed by atoms with van der Waals surface area (Å²) in [6, 6.07) is 18.2. The molecule has 0 aliphatic carbocycles. The summed E-state index contributed by atoms with van der Waals surface area (Å²) in [5.74, 6) is 1.06. The van der Waals surface area contributed by atoms with Crippen molar-refractivity contribution in [3.63, 3.8) is 0 Å². The van der Waals surface area contributed by atoms with Crippen LogP contribution in [0, 0.1) is 0 Å². The molecule has 3 rings (SSSR count). The highest BCUT2D eigenvalue weighted by Gasteiger charge is 2.10. The predicted molar refractivity (Wildman–Crippen MR) is 101 cm³/mol. The van der Waals surface area contributed by atoms with Crippen LogP contribution in [-0.4, -0.2) is 25.1 Å². The van der Waals surface area contributed by atoms with Gasteiger partial charge in [0.2, 0.25) is 0 Å². The molecule has 0 bridgehead atoms. The van der Waals surface area contributed by atoms with Crippen molar-refractivity contribution in [3.8, 4) is 11.5 Å². The summed E-state index contributed by atoms with van der Waals surface area (Å²) in [6.07, 6.45) is 1.58. The number of benzene rings is 2. The lowest BCUT2D eigenvalue weighted by molar-refractivity contribution is 0.102. The highest BCUT2D eigenvalue weighted by atomic mass is 16.5. The number of carbonyl (C=O) groups excluding carboxylic acids is 1. The average Bonchev–Trinajstić information content (AvgIpc) is 2.69. The van der Waals surface area contributed by atoms with Crippen LogP contribution in [0.5, 0.6) is 11.5 Å². The number of para-hydroxylation sites is 1. The van der Waals surface area contributed by atoms with Crippen molar-refractivity contribution >= 4 is 23.0 Å². The van der Waals surface area contributed by atoms with Gasteiger partial charge in [-0.25, -0.2) is 0 Å². The van der Waals surface area contributed by atoms with E-state index in [2.05, 4.69) is 15.6 Å². The minimum Gasteiger partial charge on any atom is -0.497 e. The Kier molecular flexibility index (Phi) is 5.34. The second kappa shape index (κ2) is 8.02. The molecule has 0 aliphatic heterocycles. The van der Waals surface area contributed by atoms with Gasteiger partial charge in [-0.1, -0.05) is 18.2 Å². The van der Waals surface area contributed by atoms with Crippen LogP contribution in [0.15, 0.2) is 66.9 Å². The highest BCUT2D eigenvalue weighted by Crippen LogP contribution is 2.31. The van der Waals surface area contributed by atoms with Crippen molar-refractivity contribution in [1.29, 1.82) is 0 Å². The molecule has 0 spiro atoms. The molecule has 0 unspecified atom stereocenters. The average molecular weight is 349 g/mol. The van der Waals surface area contributed by atoms with Crippen molar-refractivity contribution in [1.82, 2.24) is 4.98 Å². The van der Waals surface area contributed by atoms with Crippen LogP contribution in [0.3, 0.4) is 0 Å². The summed E-state index contributed by atoms with van der Waals surface area (Å²) in [5.41, 5.74) is 2.51. The maximum absolute atomic E-state index is 12.4. The fraction of sp³-hybridized carbons (Fsp3) is 0.100. The zero-order chi connectivity index (χ0) is 18.4. The van der Waals surface area contributed by atoms with Gasteiger partial charge in [0.15, 0.2) is 0 Å². The van der Waals surface area contributed by atoms with Gasteiger partial charge in [0, 0.05) is 23.6 Å². The molecule has 0 atom stereocenters. The first-order chi connectivity index (χ1) is 12.7. The van der Waals surface area contributed by atoms with Gasteiger partial charge < -0.3 is 20.1 Å². The first-order valence-electron chi connectivity index (χ1n) is 8.01. The molecular weight excluding hydrogens is 330 g/mol. The number of nitrogens with zero attached hydrogens (tertiary/aromatic N) is 1. The number of amides is 1.